The first-order chi connectivity index (χ1) is 10.4. The van der Waals surface area contributed by atoms with Crippen molar-refractivity contribution in [1.29, 1.82) is 5.26 Å². The summed E-state index contributed by atoms with van der Waals surface area (Å²) < 4.78 is 38.1. The molecule has 2 unspecified atom stereocenters. The summed E-state index contributed by atoms with van der Waals surface area (Å²) in [5.41, 5.74) is 1.46. The minimum Gasteiger partial charge on any atom is -0.329 e. The summed E-state index contributed by atoms with van der Waals surface area (Å²) >= 11 is 0. The molecule has 2 aliphatic heterocycles. The van der Waals surface area contributed by atoms with Gasteiger partial charge >= 0.3 is 12.1 Å². The Morgan fingerprint density at radius 3 is 2.32 bits per heavy atom. The number of nitrogens with zero attached hydrogens (tertiary/aromatic N) is 2. The molecular formula is C16H15F3N2O. The highest BCUT2D eigenvalue weighted by atomic mass is 19.4. The van der Waals surface area contributed by atoms with Gasteiger partial charge in [0.2, 0.25) is 0 Å². The van der Waals surface area contributed by atoms with Crippen LogP contribution in [0.1, 0.15) is 42.7 Å². The maximum atomic E-state index is 12.7. The molecule has 0 N–H and O–H groups in total. The number of hydrogen-bond acceptors (Lipinski definition) is 2. The van der Waals surface area contributed by atoms with Gasteiger partial charge in [-0.15, -0.1) is 0 Å². The zero-order valence-corrected chi connectivity index (χ0v) is 11.8. The van der Waals surface area contributed by atoms with Crippen LogP contribution in [0.25, 0.3) is 0 Å². The molecule has 116 valence electrons. The van der Waals surface area contributed by atoms with Gasteiger partial charge in [-0.25, -0.2) is 0 Å². The SMILES string of the molecule is N#Cc1ccccc1C1CC2CCC(C1)N2C(=O)C(F)(F)F. The molecule has 3 nitrogen and oxygen atoms in total. The third kappa shape index (κ3) is 2.45. The van der Waals surface area contributed by atoms with Gasteiger partial charge in [-0.1, -0.05) is 18.2 Å². The topological polar surface area (TPSA) is 44.1 Å². The lowest BCUT2D eigenvalue weighted by Crippen LogP contribution is -2.51. The molecule has 0 aromatic heterocycles. The van der Waals surface area contributed by atoms with E-state index in [0.29, 0.717) is 31.2 Å². The fraction of sp³-hybridized carbons (Fsp3) is 0.500. The van der Waals surface area contributed by atoms with Gasteiger partial charge < -0.3 is 4.90 Å². The summed E-state index contributed by atoms with van der Waals surface area (Å²) in [6.45, 7) is 0. The van der Waals surface area contributed by atoms with E-state index in [2.05, 4.69) is 6.07 Å². The lowest BCUT2D eigenvalue weighted by atomic mass is 9.83. The fourth-order valence-electron chi connectivity index (χ4n) is 3.86. The van der Waals surface area contributed by atoms with Crippen LogP contribution in [0.15, 0.2) is 24.3 Å². The Balaban J connectivity index is 1.84. The molecule has 2 fully saturated rings. The largest absolute Gasteiger partial charge is 0.471 e. The molecule has 1 aromatic carbocycles. The Hall–Kier alpha value is -2.03. The van der Waals surface area contributed by atoms with Crippen LogP contribution in [0.3, 0.4) is 0 Å². The maximum absolute atomic E-state index is 12.7. The number of amides is 1. The summed E-state index contributed by atoms with van der Waals surface area (Å²) in [6.07, 6.45) is -2.60. The normalized spacial score (nSPS) is 27.5. The number of rotatable bonds is 1. The highest BCUT2D eigenvalue weighted by molar-refractivity contribution is 5.83. The first-order valence-corrected chi connectivity index (χ1v) is 7.30. The standard InChI is InChI=1S/C16H15F3N2O/c17-16(18,19)15(22)21-12-5-6-13(21)8-11(7-12)14-4-2-1-3-10(14)9-20/h1-4,11-13H,5-8H2. The van der Waals surface area contributed by atoms with Crippen molar-refractivity contribution in [3.8, 4) is 6.07 Å². The molecule has 0 radical (unpaired) electrons. The second-order valence-corrected chi connectivity index (χ2v) is 5.96. The van der Waals surface area contributed by atoms with Crippen molar-refractivity contribution in [1.82, 2.24) is 4.90 Å². The van der Waals surface area contributed by atoms with Crippen molar-refractivity contribution in [2.45, 2.75) is 49.9 Å². The predicted octanol–water partition coefficient (Wildman–Crippen LogP) is 3.36. The zero-order chi connectivity index (χ0) is 15.9. The van der Waals surface area contributed by atoms with Crippen LogP contribution in [-0.2, 0) is 4.79 Å². The van der Waals surface area contributed by atoms with Crippen LogP contribution in [-0.4, -0.2) is 29.1 Å². The lowest BCUT2D eigenvalue weighted by molar-refractivity contribution is -0.190. The molecule has 2 saturated heterocycles. The number of halogens is 3. The summed E-state index contributed by atoms with van der Waals surface area (Å²) in [5.74, 6) is -1.67. The number of piperidine rings is 1. The maximum Gasteiger partial charge on any atom is 0.471 e. The Morgan fingerprint density at radius 1 is 1.18 bits per heavy atom. The van der Waals surface area contributed by atoms with Crippen molar-refractivity contribution >= 4 is 5.91 Å². The minimum atomic E-state index is -4.81. The molecule has 1 amide bonds. The molecule has 0 saturated carbocycles. The Kier molecular flexibility index (Phi) is 3.59. The van der Waals surface area contributed by atoms with E-state index in [1.807, 2.05) is 12.1 Å². The van der Waals surface area contributed by atoms with E-state index < -0.39 is 12.1 Å². The number of nitriles is 1. The zero-order valence-electron chi connectivity index (χ0n) is 11.8. The Bertz CT molecular complexity index is 621. The second kappa shape index (κ2) is 5.31. The molecule has 3 rings (SSSR count). The molecule has 22 heavy (non-hydrogen) atoms. The van der Waals surface area contributed by atoms with Crippen LogP contribution >= 0.6 is 0 Å². The van der Waals surface area contributed by atoms with E-state index >= 15 is 0 Å². The van der Waals surface area contributed by atoms with Gasteiger partial charge in [-0.3, -0.25) is 4.79 Å². The number of hydrogen-bond donors (Lipinski definition) is 0. The van der Waals surface area contributed by atoms with Crippen molar-refractivity contribution in [3.05, 3.63) is 35.4 Å². The average Bonchev–Trinajstić information content (AvgIpc) is 2.75. The molecule has 0 aliphatic carbocycles. The molecule has 2 bridgehead atoms. The summed E-state index contributed by atoms with van der Waals surface area (Å²) in [4.78, 5) is 12.6. The van der Waals surface area contributed by atoms with E-state index in [1.54, 1.807) is 12.1 Å². The van der Waals surface area contributed by atoms with Crippen molar-refractivity contribution in [3.63, 3.8) is 0 Å². The predicted molar refractivity (Wildman–Crippen MR) is 72.8 cm³/mol. The van der Waals surface area contributed by atoms with Crippen molar-refractivity contribution in [2.75, 3.05) is 0 Å². The van der Waals surface area contributed by atoms with Gasteiger partial charge in [0.25, 0.3) is 0 Å². The van der Waals surface area contributed by atoms with Gasteiger partial charge in [0.1, 0.15) is 0 Å². The van der Waals surface area contributed by atoms with Crippen molar-refractivity contribution < 1.29 is 18.0 Å². The van der Waals surface area contributed by atoms with Crippen LogP contribution in [0.4, 0.5) is 13.2 Å². The monoisotopic (exact) mass is 308 g/mol. The van der Waals surface area contributed by atoms with Crippen LogP contribution in [0, 0.1) is 11.3 Å². The number of benzene rings is 1. The molecule has 1 aromatic rings. The smallest absolute Gasteiger partial charge is 0.329 e. The summed E-state index contributed by atoms with van der Waals surface area (Å²) in [7, 11) is 0. The third-order valence-electron chi connectivity index (χ3n) is 4.73. The first-order valence-electron chi connectivity index (χ1n) is 7.30. The van der Waals surface area contributed by atoms with Gasteiger partial charge in [-0.2, -0.15) is 18.4 Å². The molecule has 2 aliphatic rings. The van der Waals surface area contributed by atoms with E-state index in [1.165, 1.54) is 0 Å². The number of fused-ring (bicyclic) bond motifs is 2. The van der Waals surface area contributed by atoms with Gasteiger partial charge in [0, 0.05) is 12.1 Å². The highest BCUT2D eigenvalue weighted by Gasteiger charge is 2.52. The molecule has 6 heteroatoms. The number of carbonyl (C=O) groups is 1. The first kappa shape index (κ1) is 14.9. The van der Waals surface area contributed by atoms with Crippen molar-refractivity contribution in [2.24, 2.45) is 0 Å². The van der Waals surface area contributed by atoms with Gasteiger partial charge in [0.05, 0.1) is 11.6 Å². The van der Waals surface area contributed by atoms with Crippen LogP contribution < -0.4 is 0 Å². The summed E-state index contributed by atoms with van der Waals surface area (Å²) in [6, 6.07) is 8.61. The fourth-order valence-corrected chi connectivity index (χ4v) is 3.86. The minimum absolute atomic E-state index is 0.0469. The highest BCUT2D eigenvalue weighted by Crippen LogP contribution is 2.45. The number of alkyl halides is 3. The molecule has 2 atom stereocenters. The van der Waals surface area contributed by atoms with Gasteiger partial charge in [-0.05, 0) is 43.2 Å². The van der Waals surface area contributed by atoms with Gasteiger partial charge in [0.15, 0.2) is 0 Å². The molecule has 2 heterocycles. The second-order valence-electron chi connectivity index (χ2n) is 5.96. The Morgan fingerprint density at radius 2 is 1.77 bits per heavy atom. The van der Waals surface area contributed by atoms with E-state index in [9.17, 15) is 23.2 Å². The lowest BCUT2D eigenvalue weighted by Gasteiger charge is -2.39. The summed E-state index contributed by atoms with van der Waals surface area (Å²) in [5, 5.41) is 9.18. The average molecular weight is 308 g/mol. The van der Waals surface area contributed by atoms with Crippen LogP contribution in [0.5, 0.6) is 0 Å². The third-order valence-corrected chi connectivity index (χ3v) is 4.73. The quantitative estimate of drug-likeness (QED) is 0.798. The number of carbonyl (C=O) groups excluding carboxylic acids is 1. The molecule has 0 spiro atoms. The molecular weight excluding hydrogens is 293 g/mol. The van der Waals surface area contributed by atoms with E-state index in [4.69, 9.17) is 0 Å². The Labute approximate surface area is 126 Å². The van der Waals surface area contributed by atoms with E-state index in [-0.39, 0.29) is 18.0 Å². The van der Waals surface area contributed by atoms with E-state index in [0.717, 1.165) is 10.5 Å². The van der Waals surface area contributed by atoms with Crippen LogP contribution in [0.2, 0.25) is 0 Å².